The molecule has 0 radical (unpaired) electrons. The summed E-state index contributed by atoms with van der Waals surface area (Å²) in [4.78, 5) is 24.2. The van der Waals surface area contributed by atoms with Crippen molar-refractivity contribution in [1.29, 1.82) is 0 Å². The molecule has 0 saturated heterocycles. The normalized spacial score (nSPS) is 11.7. The Morgan fingerprint density at radius 1 is 1.08 bits per heavy atom. The maximum Gasteiger partial charge on any atom is 0.340 e. The zero-order valence-electron chi connectivity index (χ0n) is 12.8. The number of methoxy groups -OCH3 is 1. The second kappa shape index (κ2) is 7.40. The monoisotopic (exact) mass is 354 g/mol. The molecule has 1 atom stereocenters. The van der Waals surface area contributed by atoms with Crippen LogP contribution in [-0.4, -0.2) is 25.0 Å². The third kappa shape index (κ3) is 3.89. The lowest BCUT2D eigenvalue weighted by Gasteiger charge is -2.13. The van der Waals surface area contributed by atoms with Crippen LogP contribution in [0.4, 0.5) is 8.78 Å². The van der Waals surface area contributed by atoms with E-state index in [9.17, 15) is 18.4 Å². The summed E-state index contributed by atoms with van der Waals surface area (Å²) in [5, 5.41) is -0.303. The van der Waals surface area contributed by atoms with E-state index in [2.05, 4.69) is 0 Å². The van der Waals surface area contributed by atoms with E-state index in [0.717, 1.165) is 0 Å². The van der Waals surface area contributed by atoms with Crippen LogP contribution in [-0.2, 0) is 4.74 Å². The first-order valence-electron chi connectivity index (χ1n) is 6.87. The molecule has 0 aliphatic heterocycles. The lowest BCUT2D eigenvalue weighted by Crippen LogP contribution is -2.24. The lowest BCUT2D eigenvalue weighted by molar-refractivity contribution is 0.0318. The standard InChI is InChI=1S/C17H13ClF2O4/c1-9(16(21)10-3-5-11(23-2)6-4-10)24-17(22)12-7-14(19)15(20)8-13(12)18/h3-9H,1-2H3. The van der Waals surface area contributed by atoms with Crippen molar-refractivity contribution in [3.8, 4) is 5.75 Å². The minimum atomic E-state index is -1.24. The summed E-state index contributed by atoms with van der Waals surface area (Å²) in [5.74, 6) is -3.32. The van der Waals surface area contributed by atoms with Crippen LogP contribution in [0.1, 0.15) is 27.6 Å². The second-order valence-corrected chi connectivity index (χ2v) is 5.29. The van der Waals surface area contributed by atoms with E-state index in [0.29, 0.717) is 23.4 Å². The number of rotatable bonds is 5. The third-order valence-corrected chi connectivity index (χ3v) is 3.57. The molecule has 0 amide bonds. The zero-order valence-corrected chi connectivity index (χ0v) is 13.6. The molecule has 0 aliphatic rings. The van der Waals surface area contributed by atoms with Gasteiger partial charge >= 0.3 is 5.97 Å². The molecule has 126 valence electrons. The number of carbonyl (C=O) groups is 2. The summed E-state index contributed by atoms with van der Waals surface area (Å²) in [6.45, 7) is 1.37. The lowest BCUT2D eigenvalue weighted by atomic mass is 10.1. The Balaban J connectivity index is 2.13. The average Bonchev–Trinajstić information content (AvgIpc) is 2.57. The molecule has 7 heteroatoms. The Bertz CT molecular complexity index is 775. The summed E-state index contributed by atoms with van der Waals surface area (Å²) < 4.78 is 36.2. The van der Waals surface area contributed by atoms with Crippen LogP contribution in [0.25, 0.3) is 0 Å². The third-order valence-electron chi connectivity index (χ3n) is 3.26. The van der Waals surface area contributed by atoms with Crippen molar-refractivity contribution in [2.45, 2.75) is 13.0 Å². The molecule has 24 heavy (non-hydrogen) atoms. The fourth-order valence-electron chi connectivity index (χ4n) is 1.95. The van der Waals surface area contributed by atoms with Crippen LogP contribution in [0, 0.1) is 11.6 Å². The van der Waals surface area contributed by atoms with Crippen molar-refractivity contribution in [1.82, 2.24) is 0 Å². The van der Waals surface area contributed by atoms with Crippen molar-refractivity contribution in [3.63, 3.8) is 0 Å². The van der Waals surface area contributed by atoms with E-state index in [1.807, 2.05) is 0 Å². The van der Waals surface area contributed by atoms with Crippen LogP contribution in [0.15, 0.2) is 36.4 Å². The molecule has 2 aromatic rings. The van der Waals surface area contributed by atoms with Gasteiger partial charge in [0.05, 0.1) is 17.7 Å². The number of Topliss-reactive ketones (excluding diaryl/α,β-unsaturated/α-hetero) is 1. The molecule has 0 heterocycles. The highest BCUT2D eigenvalue weighted by Crippen LogP contribution is 2.22. The quantitative estimate of drug-likeness (QED) is 0.461. The van der Waals surface area contributed by atoms with Crippen molar-refractivity contribution in [2.75, 3.05) is 7.11 Å². The number of ketones is 1. The topological polar surface area (TPSA) is 52.6 Å². The molecule has 4 nitrogen and oxygen atoms in total. The minimum Gasteiger partial charge on any atom is -0.497 e. The number of ether oxygens (including phenoxy) is 2. The van der Waals surface area contributed by atoms with Gasteiger partial charge in [-0.2, -0.15) is 0 Å². The molecular weight excluding hydrogens is 342 g/mol. The summed E-state index contributed by atoms with van der Waals surface area (Å²) in [6.07, 6.45) is -1.13. The van der Waals surface area contributed by atoms with E-state index in [4.69, 9.17) is 21.1 Å². The summed E-state index contributed by atoms with van der Waals surface area (Å²) in [7, 11) is 1.49. The number of carbonyl (C=O) groups excluding carboxylic acids is 2. The number of esters is 1. The Labute approximate surface area is 141 Å². The summed E-state index contributed by atoms with van der Waals surface area (Å²) in [5.41, 5.74) is -0.0440. The van der Waals surface area contributed by atoms with E-state index in [-0.39, 0.29) is 10.6 Å². The predicted octanol–water partition coefficient (Wildman–Crippen LogP) is 4.06. The smallest absolute Gasteiger partial charge is 0.340 e. The molecule has 0 saturated carbocycles. The van der Waals surface area contributed by atoms with Gasteiger partial charge in [0.25, 0.3) is 0 Å². The largest absolute Gasteiger partial charge is 0.497 e. The summed E-state index contributed by atoms with van der Waals surface area (Å²) >= 11 is 5.70. The SMILES string of the molecule is COc1ccc(C(=O)C(C)OC(=O)c2cc(F)c(F)cc2Cl)cc1. The van der Waals surface area contributed by atoms with E-state index in [1.54, 1.807) is 12.1 Å². The maximum atomic E-state index is 13.2. The van der Waals surface area contributed by atoms with Gasteiger partial charge in [-0.1, -0.05) is 11.6 Å². The fraction of sp³-hybridized carbons (Fsp3) is 0.176. The highest BCUT2D eigenvalue weighted by atomic mass is 35.5. The van der Waals surface area contributed by atoms with Gasteiger partial charge in [-0.25, -0.2) is 13.6 Å². The first-order valence-corrected chi connectivity index (χ1v) is 7.25. The fourth-order valence-corrected chi connectivity index (χ4v) is 2.17. The molecule has 0 N–H and O–H groups in total. The average molecular weight is 355 g/mol. The van der Waals surface area contributed by atoms with Gasteiger partial charge in [0.2, 0.25) is 5.78 Å². The minimum absolute atomic E-state index is 0.303. The zero-order chi connectivity index (χ0) is 17.9. The van der Waals surface area contributed by atoms with E-state index >= 15 is 0 Å². The first kappa shape index (κ1) is 17.9. The van der Waals surface area contributed by atoms with Crippen LogP contribution in [0.2, 0.25) is 5.02 Å². The van der Waals surface area contributed by atoms with Crippen LogP contribution >= 0.6 is 11.6 Å². The molecule has 0 bridgehead atoms. The first-order chi connectivity index (χ1) is 11.3. The maximum absolute atomic E-state index is 13.2. The summed E-state index contributed by atoms with van der Waals surface area (Å²) in [6, 6.07) is 7.53. The van der Waals surface area contributed by atoms with Crippen LogP contribution < -0.4 is 4.74 Å². The molecule has 2 aromatic carbocycles. The van der Waals surface area contributed by atoms with Crippen LogP contribution in [0.3, 0.4) is 0 Å². The number of halogens is 3. The van der Waals surface area contributed by atoms with E-state index in [1.165, 1.54) is 26.2 Å². The van der Waals surface area contributed by atoms with Crippen LogP contribution in [0.5, 0.6) is 5.75 Å². The Hall–Kier alpha value is -2.47. The van der Waals surface area contributed by atoms with Crippen molar-refractivity contribution in [2.24, 2.45) is 0 Å². The highest BCUT2D eigenvalue weighted by molar-refractivity contribution is 6.33. The Kier molecular flexibility index (Phi) is 5.51. The van der Waals surface area contributed by atoms with Gasteiger partial charge in [-0.3, -0.25) is 4.79 Å². The second-order valence-electron chi connectivity index (χ2n) is 4.89. The predicted molar refractivity (Wildman–Crippen MR) is 83.6 cm³/mol. The molecule has 2 rings (SSSR count). The molecule has 0 aromatic heterocycles. The van der Waals surface area contributed by atoms with Gasteiger partial charge in [0, 0.05) is 5.56 Å². The number of benzene rings is 2. The van der Waals surface area contributed by atoms with Crippen molar-refractivity contribution >= 4 is 23.4 Å². The van der Waals surface area contributed by atoms with Gasteiger partial charge < -0.3 is 9.47 Å². The van der Waals surface area contributed by atoms with Gasteiger partial charge in [0.15, 0.2) is 17.7 Å². The molecule has 0 aliphatic carbocycles. The Morgan fingerprint density at radius 3 is 2.25 bits per heavy atom. The van der Waals surface area contributed by atoms with Crippen molar-refractivity contribution in [3.05, 3.63) is 64.2 Å². The number of hydrogen-bond donors (Lipinski definition) is 0. The van der Waals surface area contributed by atoms with E-state index < -0.39 is 29.5 Å². The highest BCUT2D eigenvalue weighted by Gasteiger charge is 2.23. The van der Waals surface area contributed by atoms with Gasteiger partial charge in [-0.05, 0) is 43.3 Å². The molecule has 0 fully saturated rings. The van der Waals surface area contributed by atoms with Crippen molar-refractivity contribution < 1.29 is 27.8 Å². The molecule has 0 spiro atoms. The molecular formula is C17H13ClF2O4. The van der Waals surface area contributed by atoms with Gasteiger partial charge in [0.1, 0.15) is 5.75 Å². The Morgan fingerprint density at radius 2 is 1.67 bits per heavy atom. The number of hydrogen-bond acceptors (Lipinski definition) is 4. The van der Waals surface area contributed by atoms with Gasteiger partial charge in [-0.15, -0.1) is 0 Å². The molecule has 1 unspecified atom stereocenters.